The molecule has 1 rings (SSSR count). The van der Waals surface area contributed by atoms with Gasteiger partial charge in [0.2, 0.25) is 0 Å². The number of carbonyl (C=O) groups is 4. The van der Waals surface area contributed by atoms with Gasteiger partial charge in [0.25, 0.3) is 11.8 Å². The molecule has 0 aliphatic carbocycles. The van der Waals surface area contributed by atoms with Gasteiger partial charge in [-0.05, 0) is 31.4 Å². The number of rotatable bonds is 8. The van der Waals surface area contributed by atoms with E-state index in [9.17, 15) is 19.2 Å². The fraction of sp³-hybridized carbons (Fsp3) is 0.474. The number of ether oxygens (including phenoxy) is 1. The molecule has 3 N–H and O–H groups in total. The summed E-state index contributed by atoms with van der Waals surface area (Å²) in [5.74, 6) is -2.38. The van der Waals surface area contributed by atoms with E-state index in [0.717, 1.165) is 0 Å². The van der Waals surface area contributed by atoms with E-state index in [-0.39, 0.29) is 22.5 Å². The van der Waals surface area contributed by atoms with Crippen molar-refractivity contribution in [2.24, 2.45) is 5.92 Å². The lowest BCUT2D eigenvalue weighted by atomic mass is 10.0. The van der Waals surface area contributed by atoms with Gasteiger partial charge in [0.1, 0.15) is 6.04 Å². The summed E-state index contributed by atoms with van der Waals surface area (Å²) >= 11 is 5.99. The second-order valence-electron chi connectivity index (χ2n) is 6.61. The molecule has 1 aromatic rings. The van der Waals surface area contributed by atoms with Crippen LogP contribution in [-0.4, -0.2) is 42.5 Å². The molecule has 0 aromatic heterocycles. The van der Waals surface area contributed by atoms with E-state index in [1.54, 1.807) is 39.0 Å². The van der Waals surface area contributed by atoms with Gasteiger partial charge in [-0.1, -0.05) is 44.5 Å². The van der Waals surface area contributed by atoms with E-state index >= 15 is 0 Å². The van der Waals surface area contributed by atoms with Crippen molar-refractivity contribution in [3.63, 3.8) is 0 Å². The molecule has 28 heavy (non-hydrogen) atoms. The van der Waals surface area contributed by atoms with Crippen molar-refractivity contribution in [1.29, 1.82) is 0 Å². The second kappa shape index (κ2) is 11.3. The fourth-order valence-corrected chi connectivity index (χ4v) is 2.33. The molecule has 0 saturated carbocycles. The maximum absolute atomic E-state index is 12.4. The largest absolute Gasteiger partial charge is 0.454 e. The summed E-state index contributed by atoms with van der Waals surface area (Å²) in [7, 11) is 0. The molecular formula is C19H26ClN3O5. The normalized spacial score (nSPS) is 12.6. The van der Waals surface area contributed by atoms with E-state index in [0.29, 0.717) is 6.42 Å². The first-order valence-electron chi connectivity index (χ1n) is 8.98. The number of hydrogen-bond donors (Lipinski definition) is 3. The molecule has 0 saturated heterocycles. The predicted octanol–water partition coefficient (Wildman–Crippen LogP) is 2.26. The third-order valence-corrected chi connectivity index (χ3v) is 4.24. The van der Waals surface area contributed by atoms with Gasteiger partial charge in [0, 0.05) is 6.04 Å². The number of esters is 1. The average Bonchev–Trinajstić information content (AvgIpc) is 2.63. The Morgan fingerprint density at radius 2 is 1.71 bits per heavy atom. The van der Waals surface area contributed by atoms with E-state index in [2.05, 4.69) is 16.0 Å². The van der Waals surface area contributed by atoms with Crippen molar-refractivity contribution in [2.45, 2.75) is 46.2 Å². The van der Waals surface area contributed by atoms with Crippen molar-refractivity contribution in [3.8, 4) is 0 Å². The van der Waals surface area contributed by atoms with Crippen molar-refractivity contribution >= 4 is 35.4 Å². The first-order chi connectivity index (χ1) is 13.1. The number of imide groups is 1. The van der Waals surface area contributed by atoms with Crippen LogP contribution in [0, 0.1) is 5.92 Å². The molecule has 154 valence electrons. The van der Waals surface area contributed by atoms with E-state index in [1.165, 1.54) is 6.07 Å². The predicted molar refractivity (Wildman–Crippen MR) is 105 cm³/mol. The molecule has 0 unspecified atom stereocenters. The lowest BCUT2D eigenvalue weighted by Gasteiger charge is -2.21. The van der Waals surface area contributed by atoms with Gasteiger partial charge in [-0.2, -0.15) is 0 Å². The van der Waals surface area contributed by atoms with Gasteiger partial charge in [0.05, 0.1) is 10.6 Å². The number of urea groups is 1. The highest BCUT2D eigenvalue weighted by molar-refractivity contribution is 6.33. The molecule has 0 aliphatic rings. The maximum atomic E-state index is 12.4. The average molecular weight is 412 g/mol. The van der Waals surface area contributed by atoms with Crippen LogP contribution in [0.15, 0.2) is 24.3 Å². The van der Waals surface area contributed by atoms with Gasteiger partial charge in [0.15, 0.2) is 6.61 Å². The second-order valence-corrected chi connectivity index (χ2v) is 7.02. The Kier molecular flexibility index (Phi) is 9.44. The number of carbonyl (C=O) groups excluding carboxylic acids is 4. The minimum atomic E-state index is -0.981. The summed E-state index contributed by atoms with van der Waals surface area (Å²) in [4.78, 5) is 48.0. The number of amides is 4. The Hall–Kier alpha value is -2.61. The molecule has 0 spiro atoms. The summed E-state index contributed by atoms with van der Waals surface area (Å²) in [5.41, 5.74) is 0.224. The fourth-order valence-electron chi connectivity index (χ4n) is 2.11. The van der Waals surface area contributed by atoms with Crippen LogP contribution in [-0.2, 0) is 14.3 Å². The van der Waals surface area contributed by atoms with Crippen LogP contribution >= 0.6 is 11.6 Å². The standard InChI is InChI=1S/C19H26ClN3O5/c1-5-12(4)21-19(27)22-15(24)10-28-18(26)16(11(2)3)23-17(25)13-8-6-7-9-14(13)20/h6-9,11-12,16H,5,10H2,1-4H3,(H,23,25)(H2,21,22,24,27)/t12-,16-/m0/s1. The summed E-state index contributed by atoms with van der Waals surface area (Å²) in [6.07, 6.45) is 0.706. The molecule has 4 amide bonds. The molecule has 9 heteroatoms. The van der Waals surface area contributed by atoms with Gasteiger partial charge < -0.3 is 15.4 Å². The minimum absolute atomic E-state index is 0.0966. The summed E-state index contributed by atoms with van der Waals surface area (Å²) < 4.78 is 4.95. The highest BCUT2D eigenvalue weighted by Gasteiger charge is 2.27. The molecule has 2 atom stereocenters. The summed E-state index contributed by atoms with van der Waals surface area (Å²) in [6.45, 7) is 6.48. The van der Waals surface area contributed by atoms with Crippen LogP contribution < -0.4 is 16.0 Å². The zero-order valence-corrected chi connectivity index (χ0v) is 17.1. The SMILES string of the molecule is CC[C@H](C)NC(=O)NC(=O)COC(=O)[C@@H](NC(=O)c1ccccc1Cl)C(C)C. The van der Waals surface area contributed by atoms with Crippen LogP contribution in [0.1, 0.15) is 44.5 Å². The molecule has 8 nitrogen and oxygen atoms in total. The number of benzene rings is 1. The lowest BCUT2D eigenvalue weighted by Crippen LogP contribution is -2.47. The Morgan fingerprint density at radius 1 is 1.07 bits per heavy atom. The third kappa shape index (κ3) is 7.56. The van der Waals surface area contributed by atoms with Crippen molar-refractivity contribution in [1.82, 2.24) is 16.0 Å². The molecule has 0 bridgehead atoms. The van der Waals surface area contributed by atoms with E-state index < -0.39 is 36.5 Å². The summed E-state index contributed by atoms with van der Waals surface area (Å²) in [5, 5.41) is 7.44. The van der Waals surface area contributed by atoms with Crippen LogP contribution in [0.2, 0.25) is 5.02 Å². The van der Waals surface area contributed by atoms with Gasteiger partial charge in [-0.3, -0.25) is 14.9 Å². The lowest BCUT2D eigenvalue weighted by molar-refractivity contribution is -0.151. The van der Waals surface area contributed by atoms with Crippen molar-refractivity contribution in [3.05, 3.63) is 34.9 Å². The van der Waals surface area contributed by atoms with Gasteiger partial charge in [-0.25, -0.2) is 9.59 Å². The summed E-state index contributed by atoms with van der Waals surface area (Å²) in [6, 6.07) is 4.69. The van der Waals surface area contributed by atoms with Crippen LogP contribution in [0.25, 0.3) is 0 Å². The molecule has 1 aromatic carbocycles. The molecule has 0 fully saturated rings. The van der Waals surface area contributed by atoms with Crippen LogP contribution in [0.3, 0.4) is 0 Å². The first kappa shape index (κ1) is 23.4. The monoisotopic (exact) mass is 411 g/mol. The number of halogens is 1. The Balaban J connectivity index is 2.61. The zero-order valence-electron chi connectivity index (χ0n) is 16.4. The maximum Gasteiger partial charge on any atom is 0.329 e. The van der Waals surface area contributed by atoms with E-state index in [4.69, 9.17) is 16.3 Å². The highest BCUT2D eigenvalue weighted by atomic mass is 35.5. The van der Waals surface area contributed by atoms with E-state index in [1.807, 2.05) is 6.92 Å². The molecule has 0 radical (unpaired) electrons. The Labute approximate surface area is 169 Å². The Bertz CT molecular complexity index is 723. The molecule has 0 heterocycles. The highest BCUT2D eigenvalue weighted by Crippen LogP contribution is 2.15. The third-order valence-electron chi connectivity index (χ3n) is 3.91. The quantitative estimate of drug-likeness (QED) is 0.568. The smallest absolute Gasteiger partial charge is 0.329 e. The zero-order chi connectivity index (χ0) is 21.3. The molecule has 0 aliphatic heterocycles. The molecular weight excluding hydrogens is 386 g/mol. The van der Waals surface area contributed by atoms with Crippen molar-refractivity contribution < 1.29 is 23.9 Å². The minimum Gasteiger partial charge on any atom is -0.454 e. The number of nitrogens with one attached hydrogen (secondary N) is 3. The number of hydrogen-bond acceptors (Lipinski definition) is 5. The topological polar surface area (TPSA) is 114 Å². The van der Waals surface area contributed by atoms with Gasteiger partial charge in [-0.15, -0.1) is 0 Å². The first-order valence-corrected chi connectivity index (χ1v) is 9.35. The van der Waals surface area contributed by atoms with Gasteiger partial charge >= 0.3 is 12.0 Å². The van der Waals surface area contributed by atoms with Crippen LogP contribution in [0.5, 0.6) is 0 Å². The van der Waals surface area contributed by atoms with Crippen LogP contribution in [0.4, 0.5) is 4.79 Å². The Morgan fingerprint density at radius 3 is 2.29 bits per heavy atom. The van der Waals surface area contributed by atoms with Crippen molar-refractivity contribution in [2.75, 3.05) is 6.61 Å².